The largest absolute Gasteiger partial charge is 0.192 e. The maximum absolute atomic E-state index is 9.55. The summed E-state index contributed by atoms with van der Waals surface area (Å²) < 4.78 is 0. The summed E-state index contributed by atoms with van der Waals surface area (Å²) in [7, 11) is 0. The first-order valence-corrected chi connectivity index (χ1v) is 15.4. The fourth-order valence-electron chi connectivity index (χ4n) is 7.43. The summed E-state index contributed by atoms with van der Waals surface area (Å²) in [6.07, 6.45) is 0. The minimum absolute atomic E-state index is 0.643. The molecule has 0 atom stereocenters. The van der Waals surface area contributed by atoms with E-state index in [2.05, 4.69) is 133 Å². The molecule has 210 valence electrons. The third-order valence-corrected chi connectivity index (χ3v) is 9.46. The van der Waals surface area contributed by atoms with Crippen LogP contribution in [0.2, 0.25) is 0 Å². The van der Waals surface area contributed by atoms with Gasteiger partial charge in [0.25, 0.3) is 0 Å². The van der Waals surface area contributed by atoms with E-state index in [1.54, 1.807) is 0 Å². The van der Waals surface area contributed by atoms with Gasteiger partial charge in [-0.3, -0.25) is 0 Å². The highest BCUT2D eigenvalue weighted by Gasteiger charge is 2.31. The van der Waals surface area contributed by atoms with Crippen LogP contribution in [0.15, 0.2) is 146 Å². The maximum atomic E-state index is 9.55. The van der Waals surface area contributed by atoms with Crippen LogP contribution in [0.4, 0.5) is 0 Å². The molecule has 0 amide bonds. The smallest absolute Gasteiger partial charge is 0.0991 e. The highest BCUT2D eigenvalue weighted by Crippen LogP contribution is 2.58. The van der Waals surface area contributed by atoms with Gasteiger partial charge in [-0.1, -0.05) is 115 Å². The van der Waals surface area contributed by atoms with Gasteiger partial charge in [-0.2, -0.15) is 10.5 Å². The minimum atomic E-state index is 0.643. The van der Waals surface area contributed by atoms with Crippen LogP contribution in [0, 0.1) is 22.7 Å². The van der Waals surface area contributed by atoms with Crippen LogP contribution >= 0.6 is 0 Å². The van der Waals surface area contributed by atoms with Crippen LogP contribution in [-0.4, -0.2) is 0 Å². The minimum Gasteiger partial charge on any atom is -0.192 e. The molecule has 1 aliphatic rings. The van der Waals surface area contributed by atoms with Gasteiger partial charge in [-0.15, -0.1) is 0 Å². The Kier molecular flexibility index (Phi) is 5.66. The normalized spacial score (nSPS) is 11.4. The van der Waals surface area contributed by atoms with E-state index < -0.39 is 0 Å². The van der Waals surface area contributed by atoms with Gasteiger partial charge >= 0.3 is 0 Å². The zero-order valence-corrected chi connectivity index (χ0v) is 24.8. The molecule has 46 heavy (non-hydrogen) atoms. The SMILES string of the molecule is N#Cc1ccc(-c2c3c(c(-c4ccc(C#N)cc4)c4ccccc24)-c2ccc(-c4ccc5ccccc5c4)c4cccc-3c24)cc1. The topological polar surface area (TPSA) is 47.6 Å². The molecule has 0 aliphatic heterocycles. The molecule has 0 radical (unpaired) electrons. The summed E-state index contributed by atoms with van der Waals surface area (Å²) in [6.45, 7) is 0. The third-order valence-electron chi connectivity index (χ3n) is 9.46. The highest BCUT2D eigenvalue weighted by atomic mass is 14.3. The second kappa shape index (κ2) is 10.0. The Morgan fingerprint density at radius 1 is 0.348 bits per heavy atom. The summed E-state index contributed by atoms with van der Waals surface area (Å²) in [5.74, 6) is 0. The van der Waals surface area contributed by atoms with Crippen LogP contribution in [-0.2, 0) is 0 Å². The van der Waals surface area contributed by atoms with E-state index in [-0.39, 0.29) is 0 Å². The fraction of sp³-hybridized carbons (Fsp3) is 0. The number of hydrogen-bond donors (Lipinski definition) is 0. The number of hydrogen-bond acceptors (Lipinski definition) is 2. The van der Waals surface area contributed by atoms with Crippen LogP contribution < -0.4 is 0 Å². The van der Waals surface area contributed by atoms with Crippen LogP contribution in [0.1, 0.15) is 11.1 Å². The number of nitriles is 2. The summed E-state index contributed by atoms with van der Waals surface area (Å²) in [5, 5.41) is 26.4. The Morgan fingerprint density at radius 2 is 0.848 bits per heavy atom. The molecule has 0 N–H and O–H groups in total. The molecule has 0 aromatic heterocycles. The highest BCUT2D eigenvalue weighted by molar-refractivity contribution is 6.28. The van der Waals surface area contributed by atoms with Gasteiger partial charge in [0.2, 0.25) is 0 Å². The van der Waals surface area contributed by atoms with Gasteiger partial charge in [-0.25, -0.2) is 0 Å². The summed E-state index contributed by atoms with van der Waals surface area (Å²) in [6, 6.07) is 55.6. The van der Waals surface area contributed by atoms with E-state index in [4.69, 9.17) is 0 Å². The number of benzene rings is 8. The van der Waals surface area contributed by atoms with Gasteiger partial charge in [0, 0.05) is 0 Å². The average molecular weight is 581 g/mol. The zero-order chi connectivity index (χ0) is 30.8. The van der Waals surface area contributed by atoms with Gasteiger partial charge < -0.3 is 0 Å². The molecule has 2 heteroatoms. The Bertz CT molecular complexity index is 2520. The van der Waals surface area contributed by atoms with E-state index >= 15 is 0 Å². The molecule has 1 aliphatic carbocycles. The third kappa shape index (κ3) is 3.75. The van der Waals surface area contributed by atoms with Crippen molar-refractivity contribution in [3.63, 3.8) is 0 Å². The van der Waals surface area contributed by atoms with Crippen molar-refractivity contribution in [3.05, 3.63) is 157 Å². The molecule has 0 saturated heterocycles. The summed E-state index contributed by atoms with van der Waals surface area (Å²) >= 11 is 0. The molecule has 9 rings (SSSR count). The molecule has 8 aromatic rings. The first kappa shape index (κ1) is 26.0. The van der Waals surface area contributed by atoms with Gasteiger partial charge in [0.1, 0.15) is 0 Å². The predicted molar refractivity (Wildman–Crippen MR) is 189 cm³/mol. The quantitative estimate of drug-likeness (QED) is 0.209. The summed E-state index contributed by atoms with van der Waals surface area (Å²) in [4.78, 5) is 0. The van der Waals surface area contributed by atoms with E-state index in [9.17, 15) is 10.5 Å². The van der Waals surface area contributed by atoms with Crippen molar-refractivity contribution in [2.75, 3.05) is 0 Å². The number of rotatable bonds is 3. The first-order valence-electron chi connectivity index (χ1n) is 15.4. The van der Waals surface area contributed by atoms with E-state index in [1.165, 1.54) is 66.1 Å². The lowest BCUT2D eigenvalue weighted by Gasteiger charge is -2.20. The molecule has 0 unspecified atom stereocenters. The lowest BCUT2D eigenvalue weighted by atomic mass is 9.82. The second-order valence-electron chi connectivity index (χ2n) is 11.9. The standard InChI is InChI=1S/C44H24N2/c45-25-27-12-16-30(17-13-27)40-36-8-3-4-9-37(36)41(31-18-14-28(26-46)15-19-31)44-39-23-22-34(35-10-5-11-38(42(35)39)43(40)44)33-21-20-29-6-1-2-7-32(29)24-33/h1-24H. The Labute approximate surface area is 266 Å². The van der Waals surface area contributed by atoms with Crippen molar-refractivity contribution in [2.24, 2.45) is 0 Å². The van der Waals surface area contributed by atoms with E-state index in [0.29, 0.717) is 11.1 Å². The fourth-order valence-corrected chi connectivity index (χ4v) is 7.43. The molecule has 0 fully saturated rings. The lowest BCUT2D eigenvalue weighted by Crippen LogP contribution is -1.94. The molecule has 0 bridgehead atoms. The lowest BCUT2D eigenvalue weighted by molar-refractivity contribution is 1.48. The second-order valence-corrected chi connectivity index (χ2v) is 11.9. The molecular formula is C44H24N2. The monoisotopic (exact) mass is 580 g/mol. The van der Waals surface area contributed by atoms with Gasteiger partial charge in [0.05, 0.1) is 23.3 Å². The molecule has 0 saturated carbocycles. The van der Waals surface area contributed by atoms with E-state index in [0.717, 1.165) is 21.9 Å². The van der Waals surface area contributed by atoms with Crippen molar-refractivity contribution >= 4 is 32.3 Å². The van der Waals surface area contributed by atoms with Crippen molar-refractivity contribution < 1.29 is 0 Å². The van der Waals surface area contributed by atoms with Gasteiger partial charge in [-0.05, 0) is 118 Å². The number of nitrogens with zero attached hydrogens (tertiary/aromatic N) is 2. The molecule has 8 aromatic carbocycles. The summed E-state index contributed by atoms with van der Waals surface area (Å²) in [5.41, 5.74) is 13.0. The zero-order valence-electron chi connectivity index (χ0n) is 24.8. The molecular weight excluding hydrogens is 556 g/mol. The Balaban J connectivity index is 1.41. The van der Waals surface area contributed by atoms with Crippen molar-refractivity contribution in [1.29, 1.82) is 10.5 Å². The number of fused-ring (bicyclic) bond motifs is 5. The molecule has 0 heterocycles. The Morgan fingerprint density at radius 3 is 1.46 bits per heavy atom. The van der Waals surface area contributed by atoms with Gasteiger partial charge in [0.15, 0.2) is 0 Å². The van der Waals surface area contributed by atoms with Crippen molar-refractivity contribution in [2.45, 2.75) is 0 Å². The molecule has 2 nitrogen and oxygen atoms in total. The van der Waals surface area contributed by atoms with Crippen LogP contribution in [0.3, 0.4) is 0 Å². The van der Waals surface area contributed by atoms with Crippen LogP contribution in [0.25, 0.3) is 88.0 Å². The Hall–Kier alpha value is -6.48. The van der Waals surface area contributed by atoms with Crippen molar-refractivity contribution in [1.82, 2.24) is 0 Å². The average Bonchev–Trinajstić information content (AvgIpc) is 3.45. The predicted octanol–water partition coefficient (Wildman–Crippen LogP) is 11.5. The molecule has 0 spiro atoms. The maximum Gasteiger partial charge on any atom is 0.0991 e. The first-order chi connectivity index (χ1) is 22.7. The van der Waals surface area contributed by atoms with Crippen LogP contribution in [0.5, 0.6) is 0 Å². The van der Waals surface area contributed by atoms with E-state index in [1.807, 2.05) is 24.3 Å². The van der Waals surface area contributed by atoms with Crippen molar-refractivity contribution in [3.8, 4) is 67.8 Å².